The van der Waals surface area contributed by atoms with E-state index in [0.717, 1.165) is 11.6 Å². The van der Waals surface area contributed by atoms with Crippen molar-refractivity contribution in [1.29, 1.82) is 0 Å². The highest BCUT2D eigenvalue weighted by atomic mass is 32.2. The van der Waals surface area contributed by atoms with E-state index in [1.54, 1.807) is 18.5 Å². The maximum atomic E-state index is 12.0. The number of aromatic nitrogens is 1. The predicted molar refractivity (Wildman–Crippen MR) is 67.9 cm³/mol. The average Bonchev–Trinajstić information content (AvgIpc) is 2.89. The Morgan fingerprint density at radius 2 is 2.00 bits per heavy atom. The van der Waals surface area contributed by atoms with E-state index < -0.39 is 20.6 Å². The number of nitro benzene ring substituents is 1. The fraction of sp³-hybridized carbons (Fsp3) is 0.0909. The van der Waals surface area contributed by atoms with Crippen LogP contribution in [0.25, 0.3) is 0 Å². The highest BCUT2D eigenvalue weighted by Gasteiger charge is 2.24. The molecule has 0 saturated carbocycles. The molecule has 0 atom stereocenters. The summed E-state index contributed by atoms with van der Waals surface area (Å²) in [5.74, 6) is 0. The van der Waals surface area contributed by atoms with Gasteiger partial charge in [0.1, 0.15) is 0 Å². The third kappa shape index (κ3) is 2.98. The summed E-state index contributed by atoms with van der Waals surface area (Å²) in [6.07, 6.45) is 3.30. The number of benzene rings is 1. The van der Waals surface area contributed by atoms with Crippen LogP contribution in [0.3, 0.4) is 0 Å². The lowest BCUT2D eigenvalue weighted by molar-refractivity contribution is -0.387. The van der Waals surface area contributed by atoms with E-state index in [1.165, 1.54) is 18.2 Å². The Kier molecular flexibility index (Phi) is 3.63. The minimum absolute atomic E-state index is 0.0673. The van der Waals surface area contributed by atoms with Crippen LogP contribution >= 0.6 is 0 Å². The zero-order valence-corrected chi connectivity index (χ0v) is 10.6. The molecule has 0 aliphatic rings. The number of nitrogens with one attached hydrogen (secondary N) is 2. The van der Waals surface area contributed by atoms with E-state index in [4.69, 9.17) is 0 Å². The number of aromatic amines is 1. The van der Waals surface area contributed by atoms with Crippen molar-refractivity contribution in [2.24, 2.45) is 0 Å². The van der Waals surface area contributed by atoms with Crippen molar-refractivity contribution in [2.45, 2.75) is 11.4 Å². The van der Waals surface area contributed by atoms with Gasteiger partial charge in [-0.2, -0.15) is 0 Å². The molecule has 0 amide bonds. The molecule has 0 aliphatic heterocycles. The number of H-pyrrole nitrogens is 1. The second-order valence-corrected chi connectivity index (χ2v) is 5.50. The van der Waals surface area contributed by atoms with E-state index in [9.17, 15) is 18.5 Å². The van der Waals surface area contributed by atoms with Gasteiger partial charge in [-0.1, -0.05) is 12.1 Å². The zero-order chi connectivity index (χ0) is 13.9. The highest BCUT2D eigenvalue weighted by Crippen LogP contribution is 2.22. The van der Waals surface area contributed by atoms with Crippen molar-refractivity contribution in [3.63, 3.8) is 0 Å². The van der Waals surface area contributed by atoms with Gasteiger partial charge < -0.3 is 4.98 Å². The van der Waals surface area contributed by atoms with Crippen LogP contribution in [0.15, 0.2) is 47.6 Å². The van der Waals surface area contributed by atoms with Gasteiger partial charge in [0.25, 0.3) is 5.69 Å². The van der Waals surface area contributed by atoms with Gasteiger partial charge in [0.2, 0.25) is 10.0 Å². The van der Waals surface area contributed by atoms with Crippen molar-refractivity contribution in [1.82, 2.24) is 9.71 Å². The lowest BCUT2D eigenvalue weighted by atomic mass is 10.3. The molecule has 0 aliphatic carbocycles. The predicted octanol–water partition coefficient (Wildman–Crippen LogP) is 1.40. The smallest absolute Gasteiger partial charge is 0.289 e. The van der Waals surface area contributed by atoms with E-state index in [2.05, 4.69) is 9.71 Å². The molecule has 19 heavy (non-hydrogen) atoms. The summed E-state index contributed by atoms with van der Waals surface area (Å²) in [7, 11) is -3.92. The largest absolute Gasteiger partial charge is 0.367 e. The third-order valence-electron chi connectivity index (χ3n) is 2.48. The average molecular weight is 281 g/mol. The molecule has 8 heteroatoms. The molecule has 0 saturated heterocycles. The van der Waals surface area contributed by atoms with Crippen LogP contribution in [-0.4, -0.2) is 18.3 Å². The molecule has 100 valence electrons. The van der Waals surface area contributed by atoms with E-state index in [1.807, 2.05) is 0 Å². The fourth-order valence-electron chi connectivity index (χ4n) is 1.56. The number of para-hydroxylation sites is 1. The molecule has 1 aromatic heterocycles. The van der Waals surface area contributed by atoms with Gasteiger partial charge in [0, 0.05) is 25.0 Å². The van der Waals surface area contributed by atoms with Gasteiger partial charge in [0.05, 0.1) is 4.92 Å². The van der Waals surface area contributed by atoms with Crippen LogP contribution in [-0.2, 0) is 16.6 Å². The molecule has 0 bridgehead atoms. The first-order valence-electron chi connectivity index (χ1n) is 5.35. The lowest BCUT2D eigenvalue weighted by Crippen LogP contribution is -2.23. The van der Waals surface area contributed by atoms with Crippen molar-refractivity contribution in [3.8, 4) is 0 Å². The minimum atomic E-state index is -3.92. The van der Waals surface area contributed by atoms with Gasteiger partial charge in [-0.25, -0.2) is 13.1 Å². The fourth-order valence-corrected chi connectivity index (χ4v) is 2.75. The van der Waals surface area contributed by atoms with Crippen LogP contribution in [0.5, 0.6) is 0 Å². The van der Waals surface area contributed by atoms with Crippen molar-refractivity contribution < 1.29 is 13.3 Å². The van der Waals surface area contributed by atoms with Crippen LogP contribution in [0.4, 0.5) is 5.69 Å². The Morgan fingerprint density at radius 1 is 1.26 bits per heavy atom. The summed E-state index contributed by atoms with van der Waals surface area (Å²) in [4.78, 5) is 12.5. The second-order valence-electron chi connectivity index (χ2n) is 3.77. The Balaban J connectivity index is 2.27. The lowest BCUT2D eigenvalue weighted by Gasteiger charge is -2.06. The number of hydrogen-bond donors (Lipinski definition) is 2. The highest BCUT2D eigenvalue weighted by molar-refractivity contribution is 7.89. The molecule has 2 N–H and O–H groups in total. The molecule has 2 aromatic rings. The summed E-state index contributed by atoms with van der Waals surface area (Å²) in [5.41, 5.74) is 0.297. The Labute approximate surface area is 109 Å². The summed E-state index contributed by atoms with van der Waals surface area (Å²) < 4.78 is 26.4. The summed E-state index contributed by atoms with van der Waals surface area (Å²) in [5, 5.41) is 10.8. The topological polar surface area (TPSA) is 105 Å². The molecule has 0 fully saturated rings. The van der Waals surface area contributed by atoms with Crippen LogP contribution in [0.2, 0.25) is 0 Å². The summed E-state index contributed by atoms with van der Waals surface area (Å²) >= 11 is 0. The number of hydrogen-bond acceptors (Lipinski definition) is 4. The van der Waals surface area contributed by atoms with Crippen molar-refractivity contribution in [2.75, 3.05) is 0 Å². The molecule has 1 heterocycles. The second kappa shape index (κ2) is 5.21. The molecule has 1 aromatic carbocycles. The van der Waals surface area contributed by atoms with E-state index in [-0.39, 0.29) is 11.4 Å². The van der Waals surface area contributed by atoms with Crippen LogP contribution in [0.1, 0.15) is 5.56 Å². The standard InChI is InChI=1S/C11H11N3O4S/c15-14(16)10-3-1-2-4-11(10)19(17,18)13-8-9-5-6-12-7-9/h1-7,12-13H,8H2. The molecule has 7 nitrogen and oxygen atoms in total. The van der Waals surface area contributed by atoms with E-state index in [0.29, 0.717) is 0 Å². The maximum absolute atomic E-state index is 12.0. The van der Waals surface area contributed by atoms with Gasteiger partial charge >= 0.3 is 0 Å². The minimum Gasteiger partial charge on any atom is -0.367 e. The van der Waals surface area contributed by atoms with Gasteiger partial charge in [-0.05, 0) is 17.7 Å². The van der Waals surface area contributed by atoms with Gasteiger partial charge in [-0.15, -0.1) is 0 Å². The van der Waals surface area contributed by atoms with Crippen LogP contribution in [0, 0.1) is 10.1 Å². The van der Waals surface area contributed by atoms with Gasteiger partial charge in [0.15, 0.2) is 4.90 Å². The third-order valence-corrected chi connectivity index (χ3v) is 3.93. The maximum Gasteiger partial charge on any atom is 0.289 e. The quantitative estimate of drug-likeness (QED) is 0.638. The molecular formula is C11H11N3O4S. The monoisotopic (exact) mass is 281 g/mol. The number of nitro groups is 1. The van der Waals surface area contributed by atoms with Crippen molar-refractivity contribution >= 4 is 15.7 Å². The van der Waals surface area contributed by atoms with Crippen molar-refractivity contribution in [3.05, 3.63) is 58.4 Å². The Morgan fingerprint density at radius 3 is 2.63 bits per heavy atom. The molecule has 0 radical (unpaired) electrons. The van der Waals surface area contributed by atoms with E-state index >= 15 is 0 Å². The van der Waals surface area contributed by atoms with Crippen LogP contribution < -0.4 is 4.72 Å². The summed E-state index contributed by atoms with van der Waals surface area (Å²) in [6.45, 7) is 0.0673. The summed E-state index contributed by atoms with van der Waals surface area (Å²) in [6, 6.07) is 6.94. The SMILES string of the molecule is O=[N+]([O-])c1ccccc1S(=O)(=O)NCc1cc[nH]c1. The molecule has 0 unspecified atom stereocenters. The first-order valence-corrected chi connectivity index (χ1v) is 6.84. The molecular weight excluding hydrogens is 270 g/mol. The molecule has 2 rings (SSSR count). The van der Waals surface area contributed by atoms with Gasteiger partial charge in [-0.3, -0.25) is 10.1 Å². The zero-order valence-electron chi connectivity index (χ0n) is 9.74. The first-order chi connectivity index (χ1) is 9.00. The number of nitrogens with zero attached hydrogens (tertiary/aromatic N) is 1. The first kappa shape index (κ1) is 13.2. The normalized spacial score (nSPS) is 11.4. The number of sulfonamides is 1. The Bertz CT molecular complexity index is 680. The Hall–Kier alpha value is -2.19. The number of rotatable bonds is 5. The molecule has 0 spiro atoms.